The van der Waals surface area contributed by atoms with Gasteiger partial charge in [0.05, 0.1) is 7.11 Å². The molecule has 0 saturated heterocycles. The van der Waals surface area contributed by atoms with Gasteiger partial charge in [-0.3, -0.25) is 4.79 Å². The fraction of sp³-hybridized carbons (Fsp3) is 0.250. The summed E-state index contributed by atoms with van der Waals surface area (Å²) in [6.45, 7) is 6.37. The molecule has 0 spiro atoms. The molecule has 0 heterocycles. The van der Waals surface area contributed by atoms with Crippen LogP contribution in [0.2, 0.25) is 5.02 Å². The van der Waals surface area contributed by atoms with Gasteiger partial charge in [0.25, 0.3) is 5.91 Å². The second-order valence-electron chi connectivity index (χ2n) is 5.57. The lowest BCUT2D eigenvalue weighted by Gasteiger charge is -2.25. The van der Waals surface area contributed by atoms with Gasteiger partial charge in [0, 0.05) is 18.1 Å². The first-order valence-corrected chi connectivity index (χ1v) is 8.36. The lowest BCUT2D eigenvalue weighted by molar-refractivity contribution is -0.138. The summed E-state index contributed by atoms with van der Waals surface area (Å²) in [5, 5.41) is 0.568. The number of amides is 1. The van der Waals surface area contributed by atoms with Crippen molar-refractivity contribution in [3.63, 3.8) is 0 Å². The average Bonchev–Trinajstić information content (AvgIpc) is 2.61. The summed E-state index contributed by atoms with van der Waals surface area (Å²) in [6.07, 6.45) is 1.07. The van der Waals surface area contributed by atoms with Crippen LogP contribution in [0.1, 0.15) is 12.5 Å². The zero-order chi connectivity index (χ0) is 18.2. The van der Waals surface area contributed by atoms with Crippen molar-refractivity contribution in [2.45, 2.75) is 19.6 Å². The van der Waals surface area contributed by atoms with Crippen molar-refractivity contribution in [2.75, 3.05) is 13.7 Å². The molecule has 0 saturated carbocycles. The topological polar surface area (TPSA) is 38.8 Å². The Kier molecular flexibility index (Phi) is 6.90. The van der Waals surface area contributed by atoms with Crippen LogP contribution in [-0.4, -0.2) is 30.6 Å². The first kappa shape index (κ1) is 18.9. The maximum Gasteiger partial charge on any atom is 0.263 e. The summed E-state index contributed by atoms with van der Waals surface area (Å²) in [7, 11) is 1.62. The summed E-state index contributed by atoms with van der Waals surface area (Å²) < 4.78 is 10.9. The molecule has 2 aromatic rings. The highest BCUT2D eigenvalue weighted by Crippen LogP contribution is 2.19. The summed E-state index contributed by atoms with van der Waals surface area (Å²) in [5.74, 6) is 1.23. The zero-order valence-corrected chi connectivity index (χ0v) is 15.2. The Hall–Kier alpha value is -2.46. The number of halogens is 1. The predicted molar refractivity (Wildman–Crippen MR) is 100 cm³/mol. The van der Waals surface area contributed by atoms with Crippen LogP contribution in [0.5, 0.6) is 11.5 Å². The van der Waals surface area contributed by atoms with Gasteiger partial charge in [0.1, 0.15) is 11.5 Å². The van der Waals surface area contributed by atoms with Crippen LogP contribution in [-0.2, 0) is 11.3 Å². The van der Waals surface area contributed by atoms with Crippen molar-refractivity contribution in [2.24, 2.45) is 0 Å². The van der Waals surface area contributed by atoms with Gasteiger partial charge in [-0.05, 0) is 42.8 Å². The molecule has 0 fully saturated rings. The van der Waals surface area contributed by atoms with Crippen molar-refractivity contribution in [1.82, 2.24) is 4.90 Å². The molecule has 0 aliphatic rings. The number of carbonyl (C=O) groups excluding carboxylic acids is 1. The highest BCUT2D eigenvalue weighted by atomic mass is 35.5. The molecule has 0 bridgehead atoms. The van der Waals surface area contributed by atoms with E-state index in [1.54, 1.807) is 49.3 Å². The molecule has 1 amide bonds. The quantitative estimate of drug-likeness (QED) is 0.658. The van der Waals surface area contributed by atoms with E-state index in [4.69, 9.17) is 21.1 Å². The number of ether oxygens (including phenoxy) is 2. The minimum absolute atomic E-state index is 0.115. The molecule has 2 aromatic carbocycles. The van der Waals surface area contributed by atoms with Crippen molar-refractivity contribution in [3.8, 4) is 11.5 Å². The molecule has 5 heteroatoms. The third-order valence-electron chi connectivity index (χ3n) is 3.65. The van der Waals surface area contributed by atoms with Crippen LogP contribution in [0.15, 0.2) is 61.2 Å². The molecule has 1 atom stereocenters. The minimum atomic E-state index is -0.628. The molecule has 4 nitrogen and oxygen atoms in total. The van der Waals surface area contributed by atoms with Crippen LogP contribution in [0.25, 0.3) is 0 Å². The molecule has 1 unspecified atom stereocenters. The van der Waals surface area contributed by atoms with E-state index < -0.39 is 6.10 Å². The largest absolute Gasteiger partial charge is 0.497 e. The molecular weight excluding hydrogens is 338 g/mol. The van der Waals surface area contributed by atoms with Crippen molar-refractivity contribution < 1.29 is 14.3 Å². The van der Waals surface area contributed by atoms with Gasteiger partial charge < -0.3 is 14.4 Å². The summed E-state index contributed by atoms with van der Waals surface area (Å²) in [6, 6.07) is 14.6. The minimum Gasteiger partial charge on any atom is -0.497 e. The van der Waals surface area contributed by atoms with E-state index in [1.807, 2.05) is 24.3 Å². The van der Waals surface area contributed by atoms with Gasteiger partial charge in [-0.2, -0.15) is 0 Å². The van der Waals surface area contributed by atoms with Gasteiger partial charge in [-0.25, -0.2) is 0 Å². The number of benzene rings is 2. The molecule has 0 radical (unpaired) electrons. The van der Waals surface area contributed by atoms with Crippen LogP contribution in [0.4, 0.5) is 0 Å². The van der Waals surface area contributed by atoms with E-state index in [2.05, 4.69) is 6.58 Å². The third-order valence-corrected chi connectivity index (χ3v) is 3.89. The van der Waals surface area contributed by atoms with E-state index in [0.29, 0.717) is 23.9 Å². The van der Waals surface area contributed by atoms with Gasteiger partial charge in [0.2, 0.25) is 0 Å². The highest BCUT2D eigenvalue weighted by molar-refractivity contribution is 6.30. The first-order valence-electron chi connectivity index (χ1n) is 7.98. The maximum absolute atomic E-state index is 12.7. The Morgan fingerprint density at radius 2 is 1.96 bits per heavy atom. The second kappa shape index (κ2) is 9.14. The first-order chi connectivity index (χ1) is 12.0. The van der Waals surface area contributed by atoms with E-state index in [0.717, 1.165) is 11.3 Å². The molecular formula is C20H22ClNO3. The molecule has 0 N–H and O–H groups in total. The van der Waals surface area contributed by atoms with E-state index in [1.165, 1.54) is 0 Å². The van der Waals surface area contributed by atoms with Crippen LogP contribution in [0, 0.1) is 0 Å². The highest BCUT2D eigenvalue weighted by Gasteiger charge is 2.21. The number of hydrogen-bond acceptors (Lipinski definition) is 3. The lowest BCUT2D eigenvalue weighted by Crippen LogP contribution is -2.40. The Bertz CT molecular complexity index is 715. The maximum atomic E-state index is 12.7. The van der Waals surface area contributed by atoms with Crippen molar-refractivity contribution in [3.05, 3.63) is 71.8 Å². The number of rotatable bonds is 8. The fourth-order valence-electron chi connectivity index (χ4n) is 2.39. The molecule has 0 aliphatic heterocycles. The van der Waals surface area contributed by atoms with Gasteiger partial charge in [-0.1, -0.05) is 35.9 Å². The number of carbonyl (C=O) groups is 1. The van der Waals surface area contributed by atoms with Gasteiger partial charge >= 0.3 is 0 Å². The normalized spacial score (nSPS) is 11.5. The third kappa shape index (κ3) is 5.54. The van der Waals surface area contributed by atoms with Crippen LogP contribution in [0.3, 0.4) is 0 Å². The van der Waals surface area contributed by atoms with E-state index in [-0.39, 0.29) is 5.91 Å². The van der Waals surface area contributed by atoms with Crippen molar-refractivity contribution >= 4 is 17.5 Å². The molecule has 0 aliphatic carbocycles. The second-order valence-corrected chi connectivity index (χ2v) is 6.01. The predicted octanol–water partition coefficient (Wildman–Crippen LogP) is 4.33. The summed E-state index contributed by atoms with van der Waals surface area (Å²) in [5.41, 5.74) is 1.01. The number of methoxy groups -OCH3 is 1. The Morgan fingerprint density at radius 1 is 1.24 bits per heavy atom. The Morgan fingerprint density at radius 3 is 2.56 bits per heavy atom. The standard InChI is InChI=1S/C20H22ClNO3/c1-4-12-22(14-16-8-10-18(24-3)11-9-16)20(23)15(2)25-19-7-5-6-17(21)13-19/h4-11,13,15H,1,12,14H2,2-3H3. The average molecular weight is 360 g/mol. The lowest BCUT2D eigenvalue weighted by atomic mass is 10.2. The van der Waals surface area contributed by atoms with Gasteiger partial charge in [-0.15, -0.1) is 6.58 Å². The van der Waals surface area contributed by atoms with E-state index in [9.17, 15) is 4.79 Å². The Labute approximate surface area is 153 Å². The smallest absolute Gasteiger partial charge is 0.263 e. The SMILES string of the molecule is C=CCN(Cc1ccc(OC)cc1)C(=O)C(C)Oc1cccc(Cl)c1. The number of nitrogens with zero attached hydrogens (tertiary/aromatic N) is 1. The van der Waals surface area contributed by atoms with Crippen molar-refractivity contribution in [1.29, 1.82) is 0 Å². The number of hydrogen-bond donors (Lipinski definition) is 0. The van der Waals surface area contributed by atoms with Crippen LogP contribution >= 0.6 is 11.6 Å². The Balaban J connectivity index is 2.06. The molecule has 0 aromatic heterocycles. The van der Waals surface area contributed by atoms with Crippen LogP contribution < -0.4 is 9.47 Å². The monoisotopic (exact) mass is 359 g/mol. The van der Waals surface area contributed by atoms with E-state index >= 15 is 0 Å². The van der Waals surface area contributed by atoms with Gasteiger partial charge in [0.15, 0.2) is 6.10 Å². The molecule has 25 heavy (non-hydrogen) atoms. The summed E-state index contributed by atoms with van der Waals surface area (Å²) >= 11 is 5.95. The molecule has 2 rings (SSSR count). The fourth-order valence-corrected chi connectivity index (χ4v) is 2.57. The zero-order valence-electron chi connectivity index (χ0n) is 14.4. The molecule has 132 valence electrons. The summed E-state index contributed by atoms with van der Waals surface area (Å²) in [4.78, 5) is 14.4.